The average Bonchev–Trinajstić information content (AvgIpc) is 2.46. The molecule has 4 nitrogen and oxygen atoms in total. The highest BCUT2D eigenvalue weighted by Crippen LogP contribution is 2.56. The molecule has 1 aromatic heterocycles. The number of ether oxygens (including phenoxy) is 1. The first-order valence-electron chi connectivity index (χ1n) is 8.03. The topological polar surface area (TPSA) is 51.2 Å². The van der Waals surface area contributed by atoms with Gasteiger partial charge in [0.1, 0.15) is 11.4 Å². The highest BCUT2D eigenvalue weighted by molar-refractivity contribution is 5.94. The zero-order valence-electron chi connectivity index (χ0n) is 12.4. The van der Waals surface area contributed by atoms with Gasteiger partial charge in [-0.25, -0.2) is 0 Å². The molecule has 0 unspecified atom stereocenters. The number of carbonyl (C=O) groups is 1. The van der Waals surface area contributed by atoms with Gasteiger partial charge in [-0.05, 0) is 55.8 Å². The maximum Gasteiger partial charge on any atom is 0.228 e. The van der Waals surface area contributed by atoms with Crippen LogP contribution in [0.1, 0.15) is 32.1 Å². The third-order valence-electron chi connectivity index (χ3n) is 5.79. The van der Waals surface area contributed by atoms with Gasteiger partial charge in [-0.2, -0.15) is 0 Å². The van der Waals surface area contributed by atoms with Crippen molar-refractivity contribution in [1.82, 2.24) is 4.98 Å². The van der Waals surface area contributed by atoms with Gasteiger partial charge in [-0.3, -0.25) is 9.78 Å². The number of anilines is 1. The van der Waals surface area contributed by atoms with Crippen LogP contribution in [0.4, 0.5) is 5.69 Å². The van der Waals surface area contributed by atoms with E-state index in [2.05, 4.69) is 10.3 Å². The summed E-state index contributed by atoms with van der Waals surface area (Å²) in [5, 5.41) is 3.06. The van der Waals surface area contributed by atoms with E-state index >= 15 is 0 Å². The second kappa shape index (κ2) is 5.00. The van der Waals surface area contributed by atoms with Gasteiger partial charge < -0.3 is 10.1 Å². The smallest absolute Gasteiger partial charge is 0.228 e. The molecule has 4 fully saturated rings. The lowest BCUT2D eigenvalue weighted by atomic mass is 9.51. The number of hydrogen-bond donors (Lipinski definition) is 1. The van der Waals surface area contributed by atoms with Crippen molar-refractivity contribution in [3.8, 4) is 5.75 Å². The number of amides is 1. The molecule has 0 atom stereocenters. The third kappa shape index (κ3) is 2.21. The lowest BCUT2D eigenvalue weighted by Gasteiger charge is -2.53. The number of aromatic nitrogens is 1. The number of rotatable bonds is 3. The van der Waals surface area contributed by atoms with E-state index < -0.39 is 0 Å². The summed E-state index contributed by atoms with van der Waals surface area (Å²) in [6.45, 7) is 0. The van der Waals surface area contributed by atoms with E-state index in [0.717, 1.165) is 11.8 Å². The molecule has 4 aliphatic rings. The molecular weight excluding hydrogens is 264 g/mol. The van der Waals surface area contributed by atoms with Crippen molar-refractivity contribution in [2.24, 2.45) is 29.6 Å². The van der Waals surface area contributed by atoms with E-state index in [-0.39, 0.29) is 11.8 Å². The number of hydrogen-bond acceptors (Lipinski definition) is 3. The molecule has 1 amide bonds. The number of carbonyl (C=O) groups excluding carboxylic acids is 1. The Labute approximate surface area is 125 Å². The Morgan fingerprint density at radius 1 is 1.19 bits per heavy atom. The van der Waals surface area contributed by atoms with Crippen LogP contribution in [0.2, 0.25) is 0 Å². The Hall–Kier alpha value is -1.58. The molecule has 4 aliphatic carbocycles. The summed E-state index contributed by atoms with van der Waals surface area (Å²) in [4.78, 5) is 16.9. The Balaban J connectivity index is 1.53. The first-order valence-corrected chi connectivity index (χ1v) is 8.03. The average molecular weight is 286 g/mol. The number of pyridine rings is 1. The predicted octanol–water partition coefficient (Wildman–Crippen LogP) is 3.10. The highest BCUT2D eigenvalue weighted by Gasteiger charge is 2.50. The maximum absolute atomic E-state index is 12.8. The number of methoxy groups -OCH3 is 1. The standard InChI is InChI=1S/C17H22N2O2/c1-21-15-2-3-18-9-14(15)19-17(20)16-12-5-10-4-11(7-12)8-13(16)6-10/h2-3,9-13,16H,4-8H2,1H3,(H,19,20). The fourth-order valence-electron chi connectivity index (χ4n) is 5.22. The molecule has 0 saturated heterocycles. The van der Waals surface area contributed by atoms with E-state index in [1.807, 2.05) is 0 Å². The van der Waals surface area contributed by atoms with Crippen molar-refractivity contribution >= 4 is 11.6 Å². The minimum Gasteiger partial charge on any atom is -0.494 e. The largest absolute Gasteiger partial charge is 0.494 e. The van der Waals surface area contributed by atoms with Gasteiger partial charge >= 0.3 is 0 Å². The van der Waals surface area contributed by atoms with Crippen LogP contribution in [0.3, 0.4) is 0 Å². The molecule has 112 valence electrons. The molecule has 0 radical (unpaired) electrons. The highest BCUT2D eigenvalue weighted by atomic mass is 16.5. The number of nitrogens with one attached hydrogen (secondary N) is 1. The van der Waals surface area contributed by atoms with Crippen molar-refractivity contribution in [1.29, 1.82) is 0 Å². The Morgan fingerprint density at radius 3 is 2.48 bits per heavy atom. The lowest BCUT2D eigenvalue weighted by Crippen LogP contribution is -2.49. The zero-order chi connectivity index (χ0) is 14.4. The quantitative estimate of drug-likeness (QED) is 0.929. The molecule has 0 aromatic carbocycles. The second-order valence-electron chi connectivity index (χ2n) is 7.02. The summed E-state index contributed by atoms with van der Waals surface area (Å²) in [6, 6.07) is 1.78. The molecule has 5 rings (SSSR count). The van der Waals surface area contributed by atoms with Gasteiger partial charge in [-0.15, -0.1) is 0 Å². The lowest BCUT2D eigenvalue weighted by molar-refractivity contribution is -0.132. The van der Waals surface area contributed by atoms with Crippen molar-refractivity contribution in [3.63, 3.8) is 0 Å². The van der Waals surface area contributed by atoms with E-state index in [9.17, 15) is 4.79 Å². The summed E-state index contributed by atoms with van der Waals surface area (Å²) in [5.41, 5.74) is 0.693. The molecule has 4 heteroatoms. The minimum atomic E-state index is 0.176. The molecule has 4 saturated carbocycles. The van der Waals surface area contributed by atoms with Gasteiger partial charge in [0.05, 0.1) is 13.3 Å². The molecule has 1 N–H and O–H groups in total. The second-order valence-corrected chi connectivity index (χ2v) is 7.02. The molecule has 0 spiro atoms. The summed E-state index contributed by atoms with van der Waals surface area (Å²) < 4.78 is 5.30. The van der Waals surface area contributed by atoms with Crippen LogP contribution in [0, 0.1) is 29.6 Å². The van der Waals surface area contributed by atoms with Gasteiger partial charge in [0.2, 0.25) is 5.91 Å². The molecule has 0 aliphatic heterocycles. The van der Waals surface area contributed by atoms with E-state index in [1.165, 1.54) is 32.1 Å². The first kappa shape index (κ1) is 13.1. The maximum atomic E-state index is 12.8. The molecule has 1 heterocycles. The van der Waals surface area contributed by atoms with Crippen molar-refractivity contribution in [3.05, 3.63) is 18.5 Å². The van der Waals surface area contributed by atoms with Gasteiger partial charge in [0, 0.05) is 18.2 Å². The summed E-state index contributed by atoms with van der Waals surface area (Å²) in [5.74, 6) is 4.04. The Morgan fingerprint density at radius 2 is 1.86 bits per heavy atom. The van der Waals surface area contributed by atoms with Crippen LogP contribution < -0.4 is 10.1 Å². The van der Waals surface area contributed by atoms with Crippen LogP contribution >= 0.6 is 0 Å². The fourth-order valence-corrected chi connectivity index (χ4v) is 5.22. The SMILES string of the molecule is COc1ccncc1NC(=O)C1C2CC3CC(C2)CC1C3. The van der Waals surface area contributed by atoms with Crippen LogP contribution in [0.5, 0.6) is 5.75 Å². The van der Waals surface area contributed by atoms with E-state index in [0.29, 0.717) is 23.3 Å². The zero-order valence-corrected chi connectivity index (χ0v) is 12.4. The van der Waals surface area contributed by atoms with Gasteiger partial charge in [0.15, 0.2) is 0 Å². The summed E-state index contributed by atoms with van der Waals surface area (Å²) in [7, 11) is 1.62. The molecule has 21 heavy (non-hydrogen) atoms. The normalized spacial score (nSPS) is 36.5. The third-order valence-corrected chi connectivity index (χ3v) is 5.79. The Kier molecular flexibility index (Phi) is 3.12. The van der Waals surface area contributed by atoms with Gasteiger partial charge in [0.25, 0.3) is 0 Å². The van der Waals surface area contributed by atoms with Gasteiger partial charge in [-0.1, -0.05) is 0 Å². The van der Waals surface area contributed by atoms with Crippen molar-refractivity contribution < 1.29 is 9.53 Å². The van der Waals surface area contributed by atoms with Crippen molar-refractivity contribution in [2.45, 2.75) is 32.1 Å². The van der Waals surface area contributed by atoms with Crippen LogP contribution in [-0.2, 0) is 4.79 Å². The predicted molar refractivity (Wildman–Crippen MR) is 80.0 cm³/mol. The van der Waals surface area contributed by atoms with E-state index in [4.69, 9.17) is 4.74 Å². The Bertz CT molecular complexity index is 529. The van der Waals surface area contributed by atoms with Crippen molar-refractivity contribution in [2.75, 3.05) is 12.4 Å². The fraction of sp³-hybridized carbons (Fsp3) is 0.647. The minimum absolute atomic E-state index is 0.176. The summed E-state index contributed by atoms with van der Waals surface area (Å²) >= 11 is 0. The summed E-state index contributed by atoms with van der Waals surface area (Å²) in [6.07, 6.45) is 9.80. The van der Waals surface area contributed by atoms with Crippen LogP contribution in [0.15, 0.2) is 18.5 Å². The van der Waals surface area contributed by atoms with Crippen LogP contribution in [0.25, 0.3) is 0 Å². The monoisotopic (exact) mass is 286 g/mol. The van der Waals surface area contributed by atoms with E-state index in [1.54, 1.807) is 25.6 Å². The van der Waals surface area contributed by atoms with Crippen LogP contribution in [-0.4, -0.2) is 18.0 Å². The first-order chi connectivity index (χ1) is 10.2. The number of nitrogens with zero attached hydrogens (tertiary/aromatic N) is 1. The molecular formula is C17H22N2O2. The molecule has 4 bridgehead atoms. The molecule has 1 aromatic rings.